The first-order valence-electron chi connectivity index (χ1n) is 6.07. The van der Waals surface area contributed by atoms with Gasteiger partial charge in [-0.25, -0.2) is 9.78 Å². The molecule has 104 valence electrons. The normalized spacial score (nSPS) is 22.4. The van der Waals surface area contributed by atoms with Crippen molar-refractivity contribution in [3.8, 4) is 0 Å². The summed E-state index contributed by atoms with van der Waals surface area (Å²) >= 11 is 2.95. The van der Waals surface area contributed by atoms with Crippen LogP contribution >= 0.6 is 23.1 Å². The SMILES string of the molecule is CSC1CCCC1Nc1nc(C(=O)O)c(C(C)=O)s1. The molecule has 1 heterocycles. The summed E-state index contributed by atoms with van der Waals surface area (Å²) in [5, 5.41) is 13.4. The quantitative estimate of drug-likeness (QED) is 0.814. The van der Waals surface area contributed by atoms with Crippen LogP contribution in [0, 0.1) is 0 Å². The van der Waals surface area contributed by atoms with Gasteiger partial charge in [0.1, 0.15) is 4.88 Å². The molecule has 1 saturated carbocycles. The van der Waals surface area contributed by atoms with Gasteiger partial charge in [-0.2, -0.15) is 11.8 Å². The predicted octanol–water partition coefficient (Wildman–Crippen LogP) is 2.74. The molecule has 1 aliphatic rings. The van der Waals surface area contributed by atoms with Gasteiger partial charge in [0.15, 0.2) is 16.6 Å². The number of carboxylic acid groups (broad SMARTS) is 1. The molecule has 2 unspecified atom stereocenters. The number of hydrogen-bond acceptors (Lipinski definition) is 6. The third-order valence-electron chi connectivity index (χ3n) is 3.21. The number of carbonyl (C=O) groups is 2. The Labute approximate surface area is 119 Å². The van der Waals surface area contributed by atoms with Crippen molar-refractivity contribution in [2.24, 2.45) is 0 Å². The average Bonchev–Trinajstić information content (AvgIpc) is 2.95. The second-order valence-electron chi connectivity index (χ2n) is 4.51. The van der Waals surface area contributed by atoms with E-state index in [0.29, 0.717) is 16.4 Å². The number of anilines is 1. The van der Waals surface area contributed by atoms with Crippen molar-refractivity contribution in [1.29, 1.82) is 0 Å². The molecule has 7 heteroatoms. The number of hydrogen-bond donors (Lipinski definition) is 2. The molecule has 1 aromatic heterocycles. The topological polar surface area (TPSA) is 79.3 Å². The van der Waals surface area contributed by atoms with Crippen LogP contribution in [-0.2, 0) is 0 Å². The molecule has 0 bridgehead atoms. The van der Waals surface area contributed by atoms with Gasteiger partial charge in [-0.3, -0.25) is 4.79 Å². The Morgan fingerprint density at radius 3 is 2.74 bits per heavy atom. The molecule has 2 atom stereocenters. The van der Waals surface area contributed by atoms with Gasteiger partial charge < -0.3 is 10.4 Å². The fourth-order valence-corrected chi connectivity index (χ4v) is 4.15. The first kappa shape index (κ1) is 14.3. The molecule has 1 aliphatic carbocycles. The molecule has 2 rings (SSSR count). The van der Waals surface area contributed by atoms with E-state index in [4.69, 9.17) is 5.11 Å². The van der Waals surface area contributed by atoms with E-state index in [9.17, 15) is 9.59 Å². The average molecular weight is 300 g/mol. The van der Waals surface area contributed by atoms with E-state index in [-0.39, 0.29) is 16.4 Å². The Morgan fingerprint density at radius 2 is 2.21 bits per heavy atom. The minimum Gasteiger partial charge on any atom is -0.476 e. The monoisotopic (exact) mass is 300 g/mol. The van der Waals surface area contributed by atoms with Gasteiger partial charge in [0, 0.05) is 18.2 Å². The lowest BCUT2D eigenvalue weighted by molar-refractivity contribution is 0.0687. The van der Waals surface area contributed by atoms with Crippen LogP contribution in [0.4, 0.5) is 5.13 Å². The van der Waals surface area contributed by atoms with Crippen molar-refractivity contribution in [3.05, 3.63) is 10.6 Å². The fraction of sp³-hybridized carbons (Fsp3) is 0.583. The zero-order valence-corrected chi connectivity index (χ0v) is 12.4. The van der Waals surface area contributed by atoms with E-state index < -0.39 is 5.97 Å². The second kappa shape index (κ2) is 5.92. The van der Waals surface area contributed by atoms with Crippen molar-refractivity contribution in [1.82, 2.24) is 4.98 Å². The van der Waals surface area contributed by atoms with Gasteiger partial charge in [0.2, 0.25) is 0 Å². The van der Waals surface area contributed by atoms with Crippen molar-refractivity contribution >= 4 is 40.0 Å². The second-order valence-corrected chi connectivity index (χ2v) is 6.59. The van der Waals surface area contributed by atoms with E-state index in [2.05, 4.69) is 16.6 Å². The zero-order chi connectivity index (χ0) is 14.0. The van der Waals surface area contributed by atoms with Gasteiger partial charge in [-0.05, 0) is 19.1 Å². The van der Waals surface area contributed by atoms with Gasteiger partial charge in [0.25, 0.3) is 0 Å². The van der Waals surface area contributed by atoms with Crippen LogP contribution in [-0.4, -0.2) is 39.4 Å². The summed E-state index contributed by atoms with van der Waals surface area (Å²) < 4.78 is 0. The largest absolute Gasteiger partial charge is 0.476 e. The summed E-state index contributed by atoms with van der Waals surface area (Å²) in [5.74, 6) is -1.40. The number of carbonyl (C=O) groups excluding carboxylic acids is 1. The molecule has 0 amide bonds. The molecule has 19 heavy (non-hydrogen) atoms. The molecule has 0 aliphatic heterocycles. The lowest BCUT2D eigenvalue weighted by Crippen LogP contribution is -2.25. The predicted molar refractivity (Wildman–Crippen MR) is 77.6 cm³/mol. The van der Waals surface area contributed by atoms with Crippen LogP contribution in [0.25, 0.3) is 0 Å². The number of thioether (sulfide) groups is 1. The molecule has 0 saturated heterocycles. The van der Waals surface area contributed by atoms with Gasteiger partial charge in [0.05, 0.1) is 0 Å². The van der Waals surface area contributed by atoms with Crippen LogP contribution in [0.2, 0.25) is 0 Å². The molecule has 0 radical (unpaired) electrons. The Morgan fingerprint density at radius 1 is 1.47 bits per heavy atom. The highest BCUT2D eigenvalue weighted by atomic mass is 32.2. The highest BCUT2D eigenvalue weighted by molar-refractivity contribution is 7.99. The van der Waals surface area contributed by atoms with E-state index in [0.717, 1.165) is 24.2 Å². The van der Waals surface area contributed by atoms with Gasteiger partial charge in [-0.1, -0.05) is 17.8 Å². The maximum Gasteiger partial charge on any atom is 0.356 e. The number of aromatic carboxylic acids is 1. The number of carboxylic acids is 1. The Kier molecular flexibility index (Phi) is 4.46. The number of thiazole rings is 1. The lowest BCUT2D eigenvalue weighted by atomic mass is 10.2. The van der Waals surface area contributed by atoms with E-state index >= 15 is 0 Å². The van der Waals surface area contributed by atoms with Crippen LogP contribution in [0.3, 0.4) is 0 Å². The summed E-state index contributed by atoms with van der Waals surface area (Å²) in [5.41, 5.74) is -0.140. The first-order valence-corrected chi connectivity index (χ1v) is 8.17. The van der Waals surface area contributed by atoms with E-state index in [1.165, 1.54) is 13.3 Å². The maximum atomic E-state index is 11.4. The molecule has 1 fully saturated rings. The van der Waals surface area contributed by atoms with Crippen molar-refractivity contribution in [2.45, 2.75) is 37.5 Å². The maximum absolute atomic E-state index is 11.4. The molecule has 0 spiro atoms. The molecule has 0 aromatic carbocycles. The fourth-order valence-electron chi connectivity index (χ4n) is 2.30. The van der Waals surface area contributed by atoms with Gasteiger partial charge in [-0.15, -0.1) is 0 Å². The summed E-state index contributed by atoms with van der Waals surface area (Å²) in [6.07, 6.45) is 5.47. The number of nitrogens with zero attached hydrogens (tertiary/aromatic N) is 1. The summed E-state index contributed by atoms with van der Waals surface area (Å²) in [4.78, 5) is 26.7. The van der Waals surface area contributed by atoms with Crippen molar-refractivity contribution in [3.63, 3.8) is 0 Å². The molecule has 5 nitrogen and oxygen atoms in total. The van der Waals surface area contributed by atoms with E-state index in [1.807, 2.05) is 11.8 Å². The first-order chi connectivity index (χ1) is 9.02. The molecule has 2 N–H and O–H groups in total. The van der Waals surface area contributed by atoms with Crippen LogP contribution in [0.1, 0.15) is 46.3 Å². The number of Topliss-reactive ketones (excluding diaryl/α,β-unsaturated/α-hetero) is 1. The van der Waals surface area contributed by atoms with Crippen LogP contribution in [0.15, 0.2) is 0 Å². The number of rotatable bonds is 5. The zero-order valence-electron chi connectivity index (χ0n) is 10.8. The number of ketones is 1. The lowest BCUT2D eigenvalue weighted by Gasteiger charge is -2.18. The Bertz CT molecular complexity index is 470. The standard InChI is InChI=1S/C12H16N2O3S2/c1-6(15)10-9(11(16)17)14-12(19-10)13-7-4-3-5-8(7)18-2/h7-8H,3-5H2,1-2H3,(H,13,14)(H,16,17). The summed E-state index contributed by atoms with van der Waals surface area (Å²) in [7, 11) is 0. The highest BCUT2D eigenvalue weighted by Crippen LogP contribution is 2.32. The third kappa shape index (κ3) is 3.09. The number of aromatic nitrogens is 1. The van der Waals surface area contributed by atoms with Gasteiger partial charge >= 0.3 is 5.97 Å². The summed E-state index contributed by atoms with van der Waals surface area (Å²) in [6, 6.07) is 0.308. The number of nitrogens with one attached hydrogen (secondary N) is 1. The Balaban J connectivity index is 2.19. The summed E-state index contributed by atoms with van der Waals surface area (Å²) in [6.45, 7) is 1.37. The minimum atomic E-state index is -1.15. The highest BCUT2D eigenvalue weighted by Gasteiger charge is 2.28. The van der Waals surface area contributed by atoms with Crippen molar-refractivity contribution < 1.29 is 14.7 Å². The molecular formula is C12H16N2O3S2. The van der Waals surface area contributed by atoms with Crippen LogP contribution in [0.5, 0.6) is 0 Å². The minimum absolute atomic E-state index is 0.140. The van der Waals surface area contributed by atoms with Crippen LogP contribution < -0.4 is 5.32 Å². The van der Waals surface area contributed by atoms with Crippen molar-refractivity contribution in [2.75, 3.05) is 11.6 Å². The Hall–Kier alpha value is -1.08. The third-order valence-corrected chi connectivity index (χ3v) is 5.47. The molecule has 1 aromatic rings. The smallest absolute Gasteiger partial charge is 0.356 e. The molecular weight excluding hydrogens is 284 g/mol. The van der Waals surface area contributed by atoms with E-state index in [1.54, 1.807) is 0 Å².